The van der Waals surface area contributed by atoms with Crippen molar-refractivity contribution in [1.82, 2.24) is 19.8 Å². The molecule has 26 heavy (non-hydrogen) atoms. The minimum atomic E-state index is -0.480. The van der Waals surface area contributed by atoms with Gasteiger partial charge in [0.2, 0.25) is 5.78 Å². The molecule has 0 aliphatic carbocycles. The molecule has 1 aliphatic rings. The van der Waals surface area contributed by atoms with Crippen LogP contribution in [0.1, 0.15) is 19.8 Å². The molecule has 1 saturated heterocycles. The number of hydrazine groups is 1. The Bertz CT molecular complexity index is 781. The van der Waals surface area contributed by atoms with E-state index < -0.39 is 11.7 Å². The van der Waals surface area contributed by atoms with Gasteiger partial charge >= 0.3 is 5.91 Å². The van der Waals surface area contributed by atoms with Gasteiger partial charge in [0, 0.05) is 38.8 Å². The van der Waals surface area contributed by atoms with Crippen LogP contribution < -0.4 is 4.74 Å². The predicted octanol–water partition coefficient (Wildman–Crippen LogP) is 1.69. The molecule has 1 radical (unpaired) electrons. The lowest BCUT2D eigenvalue weighted by molar-refractivity contribution is -0.155. The third-order valence-corrected chi connectivity index (χ3v) is 4.33. The summed E-state index contributed by atoms with van der Waals surface area (Å²) in [7, 11) is 1.87. The largest absolute Gasteiger partial charge is 0.492 e. The maximum absolute atomic E-state index is 12.2. The van der Waals surface area contributed by atoms with Crippen LogP contribution in [0.4, 0.5) is 0 Å². The molecule has 1 aliphatic heterocycles. The van der Waals surface area contributed by atoms with Crippen molar-refractivity contribution in [3.63, 3.8) is 0 Å². The predicted molar refractivity (Wildman–Crippen MR) is 96.2 cm³/mol. The van der Waals surface area contributed by atoms with Crippen LogP contribution in [0.25, 0.3) is 11.1 Å². The molecule has 3 rings (SSSR count). The van der Waals surface area contributed by atoms with Crippen LogP contribution in [0.5, 0.6) is 5.75 Å². The molecule has 137 valence electrons. The Morgan fingerprint density at radius 3 is 2.69 bits per heavy atom. The number of aryl methyl sites for hydroxylation is 1. The SMILES string of the molecule is CC(=O)C(=O)N(CCOc1c[c]cc(-c2cnn(C)c2)c1)N1CCCC1. The van der Waals surface area contributed by atoms with E-state index >= 15 is 0 Å². The zero-order valence-electron chi connectivity index (χ0n) is 15.1. The molecule has 0 atom stereocenters. The summed E-state index contributed by atoms with van der Waals surface area (Å²) in [6.07, 6.45) is 5.77. The number of nitrogens with zero attached hydrogens (tertiary/aromatic N) is 4. The van der Waals surface area contributed by atoms with E-state index in [1.165, 1.54) is 11.9 Å². The van der Waals surface area contributed by atoms with Gasteiger partial charge in [-0.1, -0.05) is 0 Å². The highest BCUT2D eigenvalue weighted by atomic mass is 16.5. The summed E-state index contributed by atoms with van der Waals surface area (Å²) < 4.78 is 7.54. The number of hydrogen-bond donors (Lipinski definition) is 0. The lowest BCUT2D eigenvalue weighted by Gasteiger charge is -2.30. The lowest BCUT2D eigenvalue weighted by atomic mass is 10.1. The molecule has 7 nitrogen and oxygen atoms in total. The van der Waals surface area contributed by atoms with Gasteiger partial charge in [-0.05, 0) is 42.7 Å². The van der Waals surface area contributed by atoms with Crippen molar-refractivity contribution in [3.8, 4) is 16.9 Å². The molecule has 0 unspecified atom stereocenters. The van der Waals surface area contributed by atoms with Gasteiger partial charge in [0.05, 0.1) is 12.7 Å². The molecule has 1 fully saturated rings. The quantitative estimate of drug-likeness (QED) is 0.707. The summed E-state index contributed by atoms with van der Waals surface area (Å²) in [5, 5.41) is 7.62. The first-order chi connectivity index (χ1) is 12.5. The molecule has 1 aromatic heterocycles. The van der Waals surface area contributed by atoms with Gasteiger partial charge < -0.3 is 4.74 Å². The van der Waals surface area contributed by atoms with E-state index in [9.17, 15) is 9.59 Å². The average molecular weight is 355 g/mol. The van der Waals surface area contributed by atoms with Crippen molar-refractivity contribution in [3.05, 3.63) is 36.7 Å². The molecule has 1 aromatic carbocycles. The van der Waals surface area contributed by atoms with Gasteiger partial charge in [0.15, 0.2) is 0 Å². The Morgan fingerprint density at radius 2 is 2.04 bits per heavy atom. The van der Waals surface area contributed by atoms with Gasteiger partial charge in [-0.15, -0.1) is 0 Å². The highest BCUT2D eigenvalue weighted by Gasteiger charge is 2.26. The first-order valence-corrected chi connectivity index (χ1v) is 8.75. The lowest BCUT2D eigenvalue weighted by Crippen LogP contribution is -2.49. The molecule has 2 aromatic rings. The third-order valence-electron chi connectivity index (χ3n) is 4.33. The minimum absolute atomic E-state index is 0.305. The summed E-state index contributed by atoms with van der Waals surface area (Å²) in [6.45, 7) is 3.54. The summed E-state index contributed by atoms with van der Waals surface area (Å²) in [6, 6.07) is 8.61. The van der Waals surface area contributed by atoms with E-state index in [0.29, 0.717) is 18.9 Å². The molecule has 7 heteroatoms. The van der Waals surface area contributed by atoms with Gasteiger partial charge in [-0.2, -0.15) is 5.10 Å². The van der Waals surface area contributed by atoms with Gasteiger partial charge in [0.1, 0.15) is 12.4 Å². The van der Waals surface area contributed by atoms with Gasteiger partial charge in [0.25, 0.3) is 0 Å². The maximum atomic E-state index is 12.2. The first-order valence-electron chi connectivity index (χ1n) is 8.75. The van der Waals surface area contributed by atoms with Crippen LogP contribution in [0.2, 0.25) is 0 Å². The van der Waals surface area contributed by atoms with E-state index in [-0.39, 0.29) is 0 Å². The Hall–Kier alpha value is -2.67. The number of hydrogen-bond acceptors (Lipinski definition) is 5. The topological polar surface area (TPSA) is 67.7 Å². The molecule has 2 heterocycles. The first kappa shape index (κ1) is 18.1. The normalized spacial score (nSPS) is 14.4. The van der Waals surface area contributed by atoms with Crippen molar-refractivity contribution < 1.29 is 14.3 Å². The highest BCUT2D eigenvalue weighted by molar-refractivity contribution is 6.34. The van der Waals surface area contributed by atoms with E-state index in [2.05, 4.69) is 11.2 Å². The summed E-state index contributed by atoms with van der Waals surface area (Å²) in [5.41, 5.74) is 1.95. The molecule has 0 saturated carbocycles. The molecular formula is C19H23N4O3. The smallest absolute Gasteiger partial charge is 0.304 e. The maximum Gasteiger partial charge on any atom is 0.304 e. The standard InChI is InChI=1S/C19H23N4O3/c1-15(24)19(25)23(22-8-3-4-9-22)10-11-26-18-7-5-6-16(12-18)17-13-20-21(2)14-17/h6-7,12-14H,3-4,8-11H2,1-2H3. The number of carbonyl (C=O) groups excluding carboxylic acids is 2. The Balaban J connectivity index is 1.62. The van der Waals surface area contributed by atoms with E-state index in [4.69, 9.17) is 4.74 Å². The number of amides is 1. The van der Waals surface area contributed by atoms with Gasteiger partial charge in [-0.25, -0.2) is 5.01 Å². The van der Waals surface area contributed by atoms with E-state index in [1.54, 1.807) is 16.9 Å². The van der Waals surface area contributed by atoms with Crippen molar-refractivity contribution >= 4 is 11.7 Å². The van der Waals surface area contributed by atoms with Crippen LogP contribution in [-0.4, -0.2) is 57.7 Å². The van der Waals surface area contributed by atoms with Crippen LogP contribution in [-0.2, 0) is 16.6 Å². The molecule has 0 bridgehead atoms. The summed E-state index contributed by atoms with van der Waals surface area (Å²) >= 11 is 0. The molecule has 0 N–H and O–H groups in total. The number of aromatic nitrogens is 2. The Labute approximate surface area is 153 Å². The van der Waals surface area contributed by atoms with Crippen molar-refractivity contribution in [2.75, 3.05) is 26.2 Å². The van der Waals surface area contributed by atoms with Crippen molar-refractivity contribution in [2.45, 2.75) is 19.8 Å². The Kier molecular flexibility index (Phi) is 5.68. The van der Waals surface area contributed by atoms with Crippen LogP contribution in [0.15, 0.2) is 30.6 Å². The molecular weight excluding hydrogens is 332 g/mol. The molecule has 0 spiro atoms. The summed E-state index contributed by atoms with van der Waals surface area (Å²) in [5.74, 6) is -0.266. The number of ether oxygens (including phenoxy) is 1. The number of Topliss-reactive ketones (excluding diaryl/α,β-unsaturated/α-hetero) is 1. The summed E-state index contributed by atoms with van der Waals surface area (Å²) in [4.78, 5) is 23.7. The number of ketones is 1. The number of rotatable bonds is 7. The fourth-order valence-corrected chi connectivity index (χ4v) is 3.02. The Morgan fingerprint density at radius 1 is 1.27 bits per heavy atom. The van der Waals surface area contributed by atoms with E-state index in [0.717, 1.165) is 37.1 Å². The molecule has 1 amide bonds. The van der Waals surface area contributed by atoms with Crippen molar-refractivity contribution in [1.29, 1.82) is 0 Å². The number of carbonyl (C=O) groups is 2. The monoisotopic (exact) mass is 355 g/mol. The fourth-order valence-electron chi connectivity index (χ4n) is 3.02. The second kappa shape index (κ2) is 8.14. The highest BCUT2D eigenvalue weighted by Crippen LogP contribution is 2.23. The van der Waals surface area contributed by atoms with Gasteiger partial charge in [-0.3, -0.25) is 19.3 Å². The van der Waals surface area contributed by atoms with Crippen LogP contribution in [0.3, 0.4) is 0 Å². The van der Waals surface area contributed by atoms with E-state index in [1.807, 2.05) is 30.4 Å². The second-order valence-electron chi connectivity index (χ2n) is 6.35. The van der Waals surface area contributed by atoms with Crippen LogP contribution >= 0.6 is 0 Å². The average Bonchev–Trinajstić information content (AvgIpc) is 3.30. The number of benzene rings is 1. The zero-order chi connectivity index (χ0) is 18.5. The second-order valence-corrected chi connectivity index (χ2v) is 6.35. The zero-order valence-corrected chi connectivity index (χ0v) is 15.1. The third kappa shape index (κ3) is 4.29. The fraction of sp³-hybridized carbons (Fsp3) is 0.421. The van der Waals surface area contributed by atoms with Crippen LogP contribution in [0, 0.1) is 6.07 Å². The minimum Gasteiger partial charge on any atom is -0.492 e. The van der Waals surface area contributed by atoms with Crippen molar-refractivity contribution in [2.24, 2.45) is 7.05 Å².